The Morgan fingerprint density at radius 1 is 1.00 bits per heavy atom. The monoisotopic (exact) mass is 400 g/mol. The Hall–Kier alpha value is -0.640. The minimum atomic E-state index is -0.0856. The van der Waals surface area contributed by atoms with E-state index < -0.39 is 0 Å². The third-order valence-corrected chi connectivity index (χ3v) is 4.69. The van der Waals surface area contributed by atoms with E-state index in [2.05, 4.69) is 31.9 Å². The Morgan fingerprint density at radius 3 is 2.32 bits per heavy atom. The number of halogens is 3. The topological polar surface area (TPSA) is 17.1 Å². The summed E-state index contributed by atoms with van der Waals surface area (Å²) in [4.78, 5) is 12.5. The molecule has 0 N–H and O–H groups in total. The van der Waals surface area contributed by atoms with E-state index in [1.165, 1.54) is 0 Å². The van der Waals surface area contributed by atoms with Crippen LogP contribution in [0.3, 0.4) is 0 Å². The standard InChI is InChI=1S/C15H11Br2ClO/c1-8-3-4-10(14(18)5-8)15(19)11-7-12(16)9(2)6-13(11)17/h3-7H,1-2H3. The predicted molar refractivity (Wildman–Crippen MR) is 86.2 cm³/mol. The molecule has 0 aliphatic rings. The van der Waals surface area contributed by atoms with E-state index in [1.807, 2.05) is 32.0 Å². The van der Waals surface area contributed by atoms with Crippen LogP contribution in [0.1, 0.15) is 27.0 Å². The molecule has 0 radical (unpaired) electrons. The van der Waals surface area contributed by atoms with Crippen molar-refractivity contribution in [2.24, 2.45) is 0 Å². The van der Waals surface area contributed by atoms with Gasteiger partial charge in [0.25, 0.3) is 0 Å². The van der Waals surface area contributed by atoms with Gasteiger partial charge in [-0.25, -0.2) is 0 Å². The molecule has 2 rings (SSSR count). The molecule has 1 nitrogen and oxygen atoms in total. The molecule has 0 aliphatic carbocycles. The number of ketones is 1. The van der Waals surface area contributed by atoms with E-state index in [-0.39, 0.29) is 5.78 Å². The van der Waals surface area contributed by atoms with E-state index in [0.29, 0.717) is 16.1 Å². The summed E-state index contributed by atoms with van der Waals surface area (Å²) in [5.74, 6) is -0.0856. The fourth-order valence-corrected chi connectivity index (χ4v) is 3.07. The summed E-state index contributed by atoms with van der Waals surface area (Å²) < 4.78 is 1.68. The number of hydrogen-bond donors (Lipinski definition) is 0. The largest absolute Gasteiger partial charge is 0.289 e. The number of aryl methyl sites for hydroxylation is 2. The molecule has 0 aromatic heterocycles. The molecular formula is C15H11Br2ClO. The maximum Gasteiger partial charge on any atom is 0.195 e. The van der Waals surface area contributed by atoms with Crippen LogP contribution in [0.4, 0.5) is 0 Å². The third kappa shape index (κ3) is 3.10. The fourth-order valence-electron chi connectivity index (χ4n) is 1.77. The maximum atomic E-state index is 12.5. The van der Waals surface area contributed by atoms with Crippen molar-refractivity contribution < 1.29 is 4.79 Å². The van der Waals surface area contributed by atoms with Crippen molar-refractivity contribution in [3.05, 3.63) is 66.6 Å². The van der Waals surface area contributed by atoms with Gasteiger partial charge in [-0.1, -0.05) is 49.5 Å². The smallest absolute Gasteiger partial charge is 0.195 e. The van der Waals surface area contributed by atoms with Gasteiger partial charge in [-0.15, -0.1) is 0 Å². The average molecular weight is 403 g/mol. The molecule has 2 aromatic carbocycles. The normalized spacial score (nSPS) is 10.6. The summed E-state index contributed by atoms with van der Waals surface area (Å²) in [6, 6.07) is 9.18. The fraction of sp³-hybridized carbons (Fsp3) is 0.133. The molecule has 98 valence electrons. The number of hydrogen-bond acceptors (Lipinski definition) is 1. The summed E-state index contributed by atoms with van der Waals surface area (Å²) in [5, 5.41) is 0.480. The van der Waals surface area contributed by atoms with Gasteiger partial charge in [-0.3, -0.25) is 4.79 Å². The maximum absolute atomic E-state index is 12.5. The molecule has 0 fully saturated rings. The van der Waals surface area contributed by atoms with Gasteiger partial charge in [-0.05, 0) is 49.2 Å². The predicted octanol–water partition coefficient (Wildman–Crippen LogP) is 5.71. The summed E-state index contributed by atoms with van der Waals surface area (Å²) in [5.41, 5.74) is 3.22. The van der Waals surface area contributed by atoms with Crippen molar-refractivity contribution in [3.8, 4) is 0 Å². The van der Waals surface area contributed by atoms with Crippen molar-refractivity contribution in [2.75, 3.05) is 0 Å². The molecular weight excluding hydrogens is 391 g/mol. The highest BCUT2D eigenvalue weighted by molar-refractivity contribution is 9.11. The molecule has 0 heterocycles. The molecule has 0 atom stereocenters. The SMILES string of the molecule is Cc1ccc(C(=O)c2cc(Br)c(C)cc2Br)c(Cl)c1. The summed E-state index contributed by atoms with van der Waals surface area (Å²) in [7, 11) is 0. The van der Waals surface area contributed by atoms with E-state index >= 15 is 0 Å². The van der Waals surface area contributed by atoms with Gasteiger partial charge in [0.1, 0.15) is 0 Å². The van der Waals surface area contributed by atoms with E-state index in [1.54, 1.807) is 12.1 Å². The molecule has 2 aromatic rings. The first-order chi connectivity index (χ1) is 8.90. The van der Waals surface area contributed by atoms with Gasteiger partial charge in [0.2, 0.25) is 0 Å². The van der Waals surface area contributed by atoms with Gasteiger partial charge in [0.15, 0.2) is 5.78 Å². The van der Waals surface area contributed by atoms with Crippen LogP contribution in [-0.2, 0) is 0 Å². The Labute approximate surface area is 134 Å². The molecule has 0 saturated heterocycles. The minimum Gasteiger partial charge on any atom is -0.289 e. The Balaban J connectivity index is 2.53. The second kappa shape index (κ2) is 5.78. The highest BCUT2D eigenvalue weighted by Gasteiger charge is 2.17. The molecule has 0 saturated carbocycles. The van der Waals surface area contributed by atoms with Crippen LogP contribution < -0.4 is 0 Å². The van der Waals surface area contributed by atoms with Gasteiger partial charge in [0, 0.05) is 20.1 Å². The van der Waals surface area contributed by atoms with Crippen molar-refractivity contribution in [1.82, 2.24) is 0 Å². The number of carbonyl (C=O) groups excluding carboxylic acids is 1. The highest BCUT2D eigenvalue weighted by Crippen LogP contribution is 2.29. The van der Waals surface area contributed by atoms with Gasteiger partial charge < -0.3 is 0 Å². The summed E-state index contributed by atoms with van der Waals surface area (Å²) >= 11 is 13.0. The number of rotatable bonds is 2. The van der Waals surface area contributed by atoms with Crippen LogP contribution in [0.5, 0.6) is 0 Å². The molecule has 4 heteroatoms. The first kappa shape index (κ1) is 14.8. The van der Waals surface area contributed by atoms with E-state index in [0.717, 1.165) is 20.1 Å². The van der Waals surface area contributed by atoms with Crippen LogP contribution in [0, 0.1) is 13.8 Å². The van der Waals surface area contributed by atoms with Crippen molar-refractivity contribution in [3.63, 3.8) is 0 Å². The lowest BCUT2D eigenvalue weighted by atomic mass is 10.0. The van der Waals surface area contributed by atoms with Gasteiger partial charge >= 0.3 is 0 Å². The number of carbonyl (C=O) groups is 1. The Bertz CT molecular complexity index is 665. The molecule has 0 aliphatic heterocycles. The first-order valence-corrected chi connectivity index (χ1v) is 7.63. The molecule has 0 unspecified atom stereocenters. The molecule has 19 heavy (non-hydrogen) atoms. The number of benzene rings is 2. The minimum absolute atomic E-state index is 0.0856. The Morgan fingerprint density at radius 2 is 1.68 bits per heavy atom. The van der Waals surface area contributed by atoms with Crippen LogP contribution in [-0.4, -0.2) is 5.78 Å². The van der Waals surface area contributed by atoms with E-state index in [4.69, 9.17) is 11.6 Å². The van der Waals surface area contributed by atoms with Crippen LogP contribution >= 0.6 is 43.5 Å². The summed E-state index contributed by atoms with van der Waals surface area (Å²) in [6.07, 6.45) is 0. The zero-order valence-corrected chi connectivity index (χ0v) is 14.4. The quantitative estimate of drug-likeness (QED) is 0.588. The highest BCUT2D eigenvalue weighted by atomic mass is 79.9. The lowest BCUT2D eigenvalue weighted by Gasteiger charge is -2.09. The van der Waals surface area contributed by atoms with Crippen molar-refractivity contribution in [1.29, 1.82) is 0 Å². The lowest BCUT2D eigenvalue weighted by molar-refractivity contribution is 0.103. The second-order valence-corrected chi connectivity index (χ2v) is 6.51. The third-order valence-electron chi connectivity index (χ3n) is 2.86. The zero-order chi connectivity index (χ0) is 14.2. The van der Waals surface area contributed by atoms with Crippen molar-refractivity contribution in [2.45, 2.75) is 13.8 Å². The van der Waals surface area contributed by atoms with Crippen LogP contribution in [0.15, 0.2) is 39.3 Å². The zero-order valence-electron chi connectivity index (χ0n) is 10.4. The average Bonchev–Trinajstić information content (AvgIpc) is 2.33. The van der Waals surface area contributed by atoms with Crippen molar-refractivity contribution >= 4 is 49.2 Å². The summed E-state index contributed by atoms with van der Waals surface area (Å²) in [6.45, 7) is 3.92. The molecule has 0 spiro atoms. The van der Waals surface area contributed by atoms with E-state index in [9.17, 15) is 4.79 Å². The van der Waals surface area contributed by atoms with Gasteiger partial charge in [0.05, 0.1) is 5.02 Å². The second-order valence-electron chi connectivity index (χ2n) is 4.39. The van der Waals surface area contributed by atoms with Crippen LogP contribution in [0.2, 0.25) is 5.02 Å². The van der Waals surface area contributed by atoms with Crippen LogP contribution in [0.25, 0.3) is 0 Å². The Kier molecular flexibility index (Phi) is 4.49. The molecule has 0 amide bonds. The van der Waals surface area contributed by atoms with Gasteiger partial charge in [-0.2, -0.15) is 0 Å². The molecule has 0 bridgehead atoms. The first-order valence-electron chi connectivity index (χ1n) is 5.66. The lowest BCUT2D eigenvalue weighted by Crippen LogP contribution is -2.04.